The van der Waals surface area contributed by atoms with Gasteiger partial charge < -0.3 is 11.1 Å². The minimum atomic E-state index is -0.328. The van der Waals surface area contributed by atoms with E-state index < -0.39 is 0 Å². The number of halogens is 1. The Kier molecular flexibility index (Phi) is 2.99. The van der Waals surface area contributed by atoms with E-state index in [-0.39, 0.29) is 5.82 Å². The Hall–Kier alpha value is -2.04. The molecule has 0 radical (unpaired) electrons. The Morgan fingerprint density at radius 1 is 1.47 bits per heavy atom. The zero-order valence-electron chi connectivity index (χ0n) is 9.87. The van der Waals surface area contributed by atoms with Crippen molar-refractivity contribution < 1.29 is 4.39 Å². The van der Waals surface area contributed by atoms with E-state index in [1.54, 1.807) is 6.07 Å². The molecule has 0 aliphatic heterocycles. The van der Waals surface area contributed by atoms with E-state index in [1.165, 1.54) is 12.1 Å². The van der Waals surface area contributed by atoms with Crippen LogP contribution >= 0.6 is 0 Å². The number of aryl methyl sites for hydroxylation is 1. The van der Waals surface area contributed by atoms with Gasteiger partial charge in [-0.25, -0.2) is 4.39 Å². The number of nitrogens with two attached hydrogens (primary N) is 1. The van der Waals surface area contributed by atoms with Crippen molar-refractivity contribution in [1.82, 2.24) is 9.78 Å². The average molecular weight is 234 g/mol. The number of nitrogens with zero attached hydrogens (tertiary/aromatic N) is 2. The van der Waals surface area contributed by atoms with Crippen molar-refractivity contribution in [1.29, 1.82) is 0 Å². The van der Waals surface area contributed by atoms with Gasteiger partial charge in [-0.05, 0) is 25.1 Å². The number of rotatable bonds is 3. The third kappa shape index (κ3) is 2.38. The summed E-state index contributed by atoms with van der Waals surface area (Å²) >= 11 is 0. The molecule has 1 heterocycles. The van der Waals surface area contributed by atoms with Crippen molar-refractivity contribution in [2.24, 2.45) is 7.05 Å². The molecule has 2 aromatic rings. The van der Waals surface area contributed by atoms with Crippen LogP contribution in [-0.2, 0) is 13.6 Å². The van der Waals surface area contributed by atoms with Crippen LogP contribution in [0.4, 0.5) is 15.8 Å². The van der Waals surface area contributed by atoms with Gasteiger partial charge in [0.15, 0.2) is 0 Å². The van der Waals surface area contributed by atoms with Crippen LogP contribution < -0.4 is 11.1 Å². The normalized spacial score (nSPS) is 10.5. The molecule has 0 atom stereocenters. The van der Waals surface area contributed by atoms with Gasteiger partial charge in [-0.3, -0.25) is 4.68 Å². The highest BCUT2D eigenvalue weighted by molar-refractivity contribution is 5.65. The highest BCUT2D eigenvalue weighted by Crippen LogP contribution is 2.20. The first-order valence-corrected chi connectivity index (χ1v) is 5.34. The number of nitrogen functional groups attached to an aromatic ring is 1. The van der Waals surface area contributed by atoms with Crippen molar-refractivity contribution in [2.45, 2.75) is 13.5 Å². The lowest BCUT2D eigenvalue weighted by Crippen LogP contribution is -2.04. The van der Waals surface area contributed by atoms with E-state index in [2.05, 4.69) is 10.4 Å². The van der Waals surface area contributed by atoms with E-state index in [1.807, 2.05) is 24.9 Å². The smallest absolute Gasteiger partial charge is 0.125 e. The molecule has 0 saturated carbocycles. The van der Waals surface area contributed by atoms with E-state index in [9.17, 15) is 4.39 Å². The monoisotopic (exact) mass is 234 g/mol. The van der Waals surface area contributed by atoms with Crippen LogP contribution in [0.2, 0.25) is 0 Å². The van der Waals surface area contributed by atoms with Crippen LogP contribution in [0.1, 0.15) is 11.3 Å². The second-order valence-corrected chi connectivity index (χ2v) is 3.96. The quantitative estimate of drug-likeness (QED) is 0.799. The number of nitrogens with one attached hydrogen (secondary N) is 1. The molecule has 0 aliphatic carbocycles. The number of hydrogen-bond acceptors (Lipinski definition) is 3. The molecule has 0 saturated heterocycles. The molecule has 1 aromatic heterocycles. The molecular weight excluding hydrogens is 219 g/mol. The Bertz CT molecular complexity index is 533. The molecule has 5 heteroatoms. The summed E-state index contributed by atoms with van der Waals surface area (Å²) in [6, 6.07) is 4.32. The van der Waals surface area contributed by atoms with Crippen molar-refractivity contribution >= 4 is 11.4 Å². The molecule has 0 amide bonds. The third-order valence-electron chi connectivity index (χ3n) is 2.82. The van der Waals surface area contributed by atoms with Crippen molar-refractivity contribution in [3.8, 4) is 0 Å². The number of benzene rings is 1. The Morgan fingerprint density at radius 2 is 2.24 bits per heavy atom. The van der Waals surface area contributed by atoms with Crippen LogP contribution in [0, 0.1) is 12.7 Å². The van der Waals surface area contributed by atoms with Crippen molar-refractivity contribution in [3.05, 3.63) is 41.5 Å². The molecule has 3 N–H and O–H groups in total. The van der Waals surface area contributed by atoms with E-state index in [0.717, 1.165) is 16.9 Å². The molecule has 1 aromatic carbocycles. The number of anilines is 2. The fourth-order valence-electron chi connectivity index (χ4n) is 1.60. The summed E-state index contributed by atoms with van der Waals surface area (Å²) in [7, 11) is 1.89. The highest BCUT2D eigenvalue weighted by Gasteiger charge is 2.05. The first-order chi connectivity index (χ1) is 8.08. The summed E-state index contributed by atoms with van der Waals surface area (Å²) in [5.74, 6) is -0.328. The fraction of sp³-hybridized carbons (Fsp3) is 0.250. The largest absolute Gasteiger partial charge is 0.397 e. The fourth-order valence-corrected chi connectivity index (χ4v) is 1.60. The van der Waals surface area contributed by atoms with Gasteiger partial charge in [0.25, 0.3) is 0 Å². The third-order valence-corrected chi connectivity index (χ3v) is 2.82. The molecule has 0 aliphatic rings. The standard InChI is InChI=1S/C12H15FN4/c1-8-9(7-16-17(8)2)6-15-12-4-3-10(13)5-11(12)14/h3-5,7,15H,6,14H2,1-2H3. The maximum Gasteiger partial charge on any atom is 0.125 e. The van der Waals surface area contributed by atoms with Crippen LogP contribution in [0.25, 0.3) is 0 Å². The molecule has 0 bridgehead atoms. The SMILES string of the molecule is Cc1c(CNc2ccc(F)cc2N)cnn1C. The van der Waals surface area contributed by atoms with Crippen LogP contribution in [0.5, 0.6) is 0 Å². The molecule has 0 spiro atoms. The molecule has 4 nitrogen and oxygen atoms in total. The van der Waals surface area contributed by atoms with Gasteiger partial charge in [0.05, 0.1) is 17.6 Å². The zero-order chi connectivity index (χ0) is 12.4. The van der Waals surface area contributed by atoms with Crippen LogP contribution in [0.15, 0.2) is 24.4 Å². The molecule has 2 rings (SSSR count). The summed E-state index contributed by atoms with van der Waals surface area (Å²) in [5, 5.41) is 7.32. The number of aromatic nitrogens is 2. The first-order valence-electron chi connectivity index (χ1n) is 5.34. The lowest BCUT2D eigenvalue weighted by Gasteiger charge is -2.08. The molecule has 0 fully saturated rings. The Balaban J connectivity index is 2.10. The second-order valence-electron chi connectivity index (χ2n) is 3.96. The average Bonchev–Trinajstić information content (AvgIpc) is 2.59. The minimum Gasteiger partial charge on any atom is -0.397 e. The lowest BCUT2D eigenvalue weighted by molar-refractivity contribution is 0.628. The van der Waals surface area contributed by atoms with Gasteiger partial charge in [0, 0.05) is 24.8 Å². The molecule has 17 heavy (non-hydrogen) atoms. The Labute approximate surface area is 99.2 Å². The van der Waals surface area contributed by atoms with Gasteiger partial charge in [0.2, 0.25) is 0 Å². The highest BCUT2D eigenvalue weighted by atomic mass is 19.1. The van der Waals surface area contributed by atoms with E-state index in [0.29, 0.717) is 12.2 Å². The van der Waals surface area contributed by atoms with E-state index in [4.69, 9.17) is 5.73 Å². The summed E-state index contributed by atoms with van der Waals surface area (Å²) in [5.41, 5.74) is 9.03. The summed E-state index contributed by atoms with van der Waals surface area (Å²) in [6.07, 6.45) is 1.81. The van der Waals surface area contributed by atoms with Gasteiger partial charge in [-0.15, -0.1) is 0 Å². The zero-order valence-corrected chi connectivity index (χ0v) is 9.87. The maximum atomic E-state index is 12.9. The lowest BCUT2D eigenvalue weighted by atomic mass is 10.2. The molecular formula is C12H15FN4. The van der Waals surface area contributed by atoms with E-state index >= 15 is 0 Å². The van der Waals surface area contributed by atoms with Crippen molar-refractivity contribution in [3.63, 3.8) is 0 Å². The van der Waals surface area contributed by atoms with Crippen molar-refractivity contribution in [2.75, 3.05) is 11.1 Å². The predicted octanol–water partition coefficient (Wildman–Crippen LogP) is 2.06. The second kappa shape index (κ2) is 4.45. The van der Waals surface area contributed by atoms with Gasteiger partial charge >= 0.3 is 0 Å². The molecule has 90 valence electrons. The molecule has 0 unspecified atom stereocenters. The van der Waals surface area contributed by atoms with Gasteiger partial charge in [0.1, 0.15) is 5.82 Å². The van der Waals surface area contributed by atoms with Crippen LogP contribution in [-0.4, -0.2) is 9.78 Å². The first kappa shape index (κ1) is 11.4. The summed E-state index contributed by atoms with van der Waals surface area (Å²) in [4.78, 5) is 0. The van der Waals surface area contributed by atoms with Gasteiger partial charge in [-0.1, -0.05) is 0 Å². The van der Waals surface area contributed by atoms with Crippen LogP contribution in [0.3, 0.4) is 0 Å². The Morgan fingerprint density at radius 3 is 2.82 bits per heavy atom. The topological polar surface area (TPSA) is 55.9 Å². The number of hydrogen-bond donors (Lipinski definition) is 2. The maximum absolute atomic E-state index is 12.9. The predicted molar refractivity (Wildman–Crippen MR) is 66.1 cm³/mol. The summed E-state index contributed by atoms with van der Waals surface area (Å²) < 4.78 is 14.7. The summed E-state index contributed by atoms with van der Waals surface area (Å²) in [6.45, 7) is 2.62. The minimum absolute atomic E-state index is 0.328. The van der Waals surface area contributed by atoms with Gasteiger partial charge in [-0.2, -0.15) is 5.10 Å².